The minimum atomic E-state index is 1.10. The molecule has 268 valence electrons. The Bertz CT molecular complexity index is 2870. The van der Waals surface area contributed by atoms with E-state index in [0.29, 0.717) is 0 Å². The molecule has 0 saturated carbocycles. The molecule has 1 nitrogen and oxygen atoms in total. The highest BCUT2D eigenvalue weighted by Gasteiger charge is 2.17. The van der Waals surface area contributed by atoms with E-state index in [9.17, 15) is 0 Å². The van der Waals surface area contributed by atoms with Gasteiger partial charge in [-0.2, -0.15) is 0 Å². The predicted octanol–water partition coefficient (Wildman–Crippen LogP) is 15.8. The number of anilines is 3. The van der Waals surface area contributed by atoms with Gasteiger partial charge in [0, 0.05) is 17.1 Å². The summed E-state index contributed by atoms with van der Waals surface area (Å²) in [5, 5.41) is 5.07. The van der Waals surface area contributed by atoms with Crippen LogP contribution in [0.4, 0.5) is 17.1 Å². The van der Waals surface area contributed by atoms with E-state index in [2.05, 4.69) is 241 Å². The van der Waals surface area contributed by atoms with Crippen LogP contribution in [-0.4, -0.2) is 0 Å². The highest BCUT2D eigenvalue weighted by Crippen LogP contribution is 2.42. The van der Waals surface area contributed by atoms with Crippen LogP contribution in [0.3, 0.4) is 0 Å². The van der Waals surface area contributed by atoms with Crippen LogP contribution in [0.15, 0.2) is 237 Å². The fourth-order valence-corrected chi connectivity index (χ4v) is 8.21. The maximum atomic E-state index is 2.37. The van der Waals surface area contributed by atoms with Crippen molar-refractivity contribution in [2.45, 2.75) is 0 Å². The van der Waals surface area contributed by atoms with Crippen molar-refractivity contribution >= 4 is 38.6 Å². The molecule has 0 amide bonds. The number of fused-ring (bicyclic) bond motifs is 3. The van der Waals surface area contributed by atoms with Crippen molar-refractivity contribution in [3.63, 3.8) is 0 Å². The number of nitrogens with zero attached hydrogens (tertiary/aromatic N) is 1. The van der Waals surface area contributed by atoms with Gasteiger partial charge in [-0.05, 0) is 126 Å². The van der Waals surface area contributed by atoms with Gasteiger partial charge in [-0.1, -0.05) is 188 Å². The lowest BCUT2D eigenvalue weighted by Gasteiger charge is -2.26. The maximum Gasteiger partial charge on any atom is 0.0462 e. The van der Waals surface area contributed by atoms with Gasteiger partial charge in [-0.25, -0.2) is 0 Å². The van der Waals surface area contributed by atoms with E-state index >= 15 is 0 Å². The molecule has 0 heterocycles. The topological polar surface area (TPSA) is 3.24 Å². The van der Waals surface area contributed by atoms with Gasteiger partial charge in [0.25, 0.3) is 0 Å². The van der Waals surface area contributed by atoms with Crippen molar-refractivity contribution in [3.8, 4) is 55.6 Å². The largest absolute Gasteiger partial charge is 0.311 e. The zero-order chi connectivity index (χ0) is 38.0. The molecule has 0 bridgehead atoms. The molecule has 0 unspecified atom stereocenters. The van der Waals surface area contributed by atoms with Crippen LogP contribution in [0.1, 0.15) is 0 Å². The summed E-state index contributed by atoms with van der Waals surface area (Å²) in [5.74, 6) is 0. The fraction of sp³-hybridized carbons (Fsp3) is 0. The maximum absolute atomic E-state index is 2.37. The van der Waals surface area contributed by atoms with Gasteiger partial charge in [0.1, 0.15) is 0 Å². The second-order valence-electron chi connectivity index (χ2n) is 14.5. The monoisotopic (exact) mass is 725 g/mol. The van der Waals surface area contributed by atoms with Crippen LogP contribution in [0.25, 0.3) is 77.2 Å². The molecule has 57 heavy (non-hydrogen) atoms. The van der Waals surface area contributed by atoms with Gasteiger partial charge < -0.3 is 4.90 Å². The average molecular weight is 726 g/mol. The highest BCUT2D eigenvalue weighted by atomic mass is 15.1. The third-order valence-corrected chi connectivity index (χ3v) is 11.1. The summed E-state index contributed by atoms with van der Waals surface area (Å²) >= 11 is 0. The first-order chi connectivity index (χ1) is 28.3. The molecule has 10 aromatic carbocycles. The van der Waals surface area contributed by atoms with Gasteiger partial charge in [0.05, 0.1) is 0 Å². The van der Waals surface area contributed by atoms with Gasteiger partial charge >= 0.3 is 0 Å². The summed E-state index contributed by atoms with van der Waals surface area (Å²) in [7, 11) is 0. The van der Waals surface area contributed by atoms with Gasteiger partial charge in [0.2, 0.25) is 0 Å². The molecule has 0 aliphatic rings. The standard InChI is InChI=1S/C56H39N/c1-4-14-40(15-5-1)42-24-31-48(32-25-42)57(49-33-26-43(27-34-49)41-16-6-2-7-17-41)50-35-28-44(29-36-50)46-30-37-54(55(38-46)45-18-8-3-9-19-45)56-39-47-20-10-11-21-51(47)52-22-12-13-23-53(52)56/h1-39H. The summed E-state index contributed by atoms with van der Waals surface area (Å²) < 4.78 is 0. The molecular formula is C56H39N. The molecule has 0 saturated heterocycles. The third kappa shape index (κ3) is 6.66. The van der Waals surface area contributed by atoms with Crippen LogP contribution >= 0.6 is 0 Å². The SMILES string of the molecule is c1ccc(-c2ccc(N(c3ccc(-c4ccccc4)cc3)c3ccc(-c4ccc(-c5cc6ccccc6c6ccccc56)c(-c5ccccc5)c4)cc3)cc2)cc1. The van der Waals surface area contributed by atoms with E-state index in [4.69, 9.17) is 0 Å². The lowest BCUT2D eigenvalue weighted by molar-refractivity contribution is 1.28. The lowest BCUT2D eigenvalue weighted by atomic mass is 9.87. The second kappa shape index (κ2) is 15.0. The van der Waals surface area contributed by atoms with E-state index in [0.717, 1.165) is 17.1 Å². The van der Waals surface area contributed by atoms with Crippen molar-refractivity contribution in [2.75, 3.05) is 4.90 Å². The molecule has 0 radical (unpaired) electrons. The van der Waals surface area contributed by atoms with Crippen molar-refractivity contribution in [1.82, 2.24) is 0 Å². The predicted molar refractivity (Wildman–Crippen MR) is 243 cm³/mol. The van der Waals surface area contributed by atoms with E-state index in [1.807, 2.05) is 0 Å². The van der Waals surface area contributed by atoms with Crippen LogP contribution in [0.5, 0.6) is 0 Å². The molecular weight excluding hydrogens is 687 g/mol. The second-order valence-corrected chi connectivity index (χ2v) is 14.5. The van der Waals surface area contributed by atoms with Gasteiger partial charge in [0.15, 0.2) is 0 Å². The van der Waals surface area contributed by atoms with Crippen LogP contribution < -0.4 is 4.90 Å². The summed E-state index contributed by atoms with van der Waals surface area (Å²) in [6.45, 7) is 0. The molecule has 0 spiro atoms. The normalized spacial score (nSPS) is 11.2. The van der Waals surface area contributed by atoms with Crippen LogP contribution in [0, 0.1) is 0 Å². The molecule has 0 aromatic heterocycles. The van der Waals surface area contributed by atoms with Crippen molar-refractivity contribution in [3.05, 3.63) is 237 Å². The molecule has 1 heteroatoms. The van der Waals surface area contributed by atoms with E-state index in [1.165, 1.54) is 77.2 Å². The zero-order valence-electron chi connectivity index (χ0n) is 31.5. The van der Waals surface area contributed by atoms with Crippen molar-refractivity contribution in [2.24, 2.45) is 0 Å². The molecule has 10 rings (SSSR count). The Morgan fingerprint density at radius 2 is 0.596 bits per heavy atom. The Morgan fingerprint density at radius 1 is 0.211 bits per heavy atom. The Morgan fingerprint density at radius 3 is 1.12 bits per heavy atom. The minimum Gasteiger partial charge on any atom is -0.311 e. The molecule has 0 atom stereocenters. The van der Waals surface area contributed by atoms with Gasteiger partial charge in [-0.15, -0.1) is 0 Å². The number of hydrogen-bond donors (Lipinski definition) is 0. The molecule has 0 aliphatic heterocycles. The van der Waals surface area contributed by atoms with Crippen molar-refractivity contribution < 1.29 is 0 Å². The van der Waals surface area contributed by atoms with Crippen molar-refractivity contribution in [1.29, 1.82) is 0 Å². The fourth-order valence-electron chi connectivity index (χ4n) is 8.21. The summed E-state index contributed by atoms with van der Waals surface area (Å²) in [6, 6.07) is 85.5. The Kier molecular flexibility index (Phi) is 8.95. The Hall–Kier alpha value is -7.48. The van der Waals surface area contributed by atoms with Crippen LogP contribution in [-0.2, 0) is 0 Å². The number of benzene rings is 10. The average Bonchev–Trinajstić information content (AvgIpc) is 3.30. The first-order valence-electron chi connectivity index (χ1n) is 19.6. The van der Waals surface area contributed by atoms with E-state index in [1.54, 1.807) is 0 Å². The van der Waals surface area contributed by atoms with Crippen LogP contribution in [0.2, 0.25) is 0 Å². The summed E-state index contributed by atoms with van der Waals surface area (Å²) in [6.07, 6.45) is 0. The third-order valence-electron chi connectivity index (χ3n) is 11.1. The van der Waals surface area contributed by atoms with E-state index < -0.39 is 0 Å². The molecule has 0 aliphatic carbocycles. The van der Waals surface area contributed by atoms with E-state index in [-0.39, 0.29) is 0 Å². The molecule has 0 fully saturated rings. The van der Waals surface area contributed by atoms with Gasteiger partial charge in [-0.3, -0.25) is 0 Å². The lowest BCUT2D eigenvalue weighted by Crippen LogP contribution is -2.09. The quantitative estimate of drug-likeness (QED) is 0.141. The first-order valence-corrected chi connectivity index (χ1v) is 19.6. The molecule has 0 N–H and O–H groups in total. The summed E-state index contributed by atoms with van der Waals surface area (Å²) in [5.41, 5.74) is 15.4. The molecule has 10 aromatic rings. The highest BCUT2D eigenvalue weighted by molar-refractivity contribution is 6.15. The first kappa shape index (κ1) is 34.0. The smallest absolute Gasteiger partial charge is 0.0462 e. The summed E-state index contributed by atoms with van der Waals surface area (Å²) in [4.78, 5) is 2.34. The Balaban J connectivity index is 1.05. The minimum absolute atomic E-state index is 1.10. The zero-order valence-corrected chi connectivity index (χ0v) is 31.5. The number of rotatable bonds is 8. The number of hydrogen-bond acceptors (Lipinski definition) is 1. The Labute approximate surface area is 334 Å².